The molecule has 0 atom stereocenters. The summed E-state index contributed by atoms with van der Waals surface area (Å²) in [7, 11) is -2.65. The van der Waals surface area contributed by atoms with Gasteiger partial charge in [0.15, 0.2) is 0 Å². The summed E-state index contributed by atoms with van der Waals surface area (Å²) in [4.78, 5) is 21.2. The van der Waals surface area contributed by atoms with Crippen molar-refractivity contribution in [3.8, 4) is 0 Å². The third-order valence-corrected chi connectivity index (χ3v) is 20.4. The lowest BCUT2D eigenvalue weighted by Crippen LogP contribution is -2.50. The number of aryl methyl sites for hydroxylation is 9. The Kier molecular flexibility index (Phi) is 22.0. The van der Waals surface area contributed by atoms with Gasteiger partial charge in [0.25, 0.3) is 0 Å². The van der Waals surface area contributed by atoms with Crippen LogP contribution >= 0.6 is 10.3 Å². The Morgan fingerprint density at radius 3 is 0.838 bits per heavy atom. The van der Waals surface area contributed by atoms with Crippen molar-refractivity contribution >= 4 is 16.3 Å². The number of rotatable bonds is 32. The molecule has 0 unspecified atom stereocenters. The molecular weight excluding hydrogens is 845 g/mol. The van der Waals surface area contributed by atoms with Gasteiger partial charge in [-0.05, 0) is 232 Å². The highest BCUT2D eigenvalue weighted by Crippen LogP contribution is 2.76. The van der Waals surface area contributed by atoms with Crippen molar-refractivity contribution < 1.29 is 8.98 Å². The molecule has 4 aliphatic rings. The second-order valence-electron chi connectivity index (χ2n) is 22.8. The highest BCUT2D eigenvalue weighted by molar-refractivity contribution is 8.30. The highest BCUT2D eigenvalue weighted by atomic mass is 32.3. The van der Waals surface area contributed by atoms with Crippen LogP contribution in [0, 0.1) is 23.2 Å². The third kappa shape index (κ3) is 13.1. The first-order valence-corrected chi connectivity index (χ1v) is 31.2. The molecule has 0 amide bonds. The first kappa shape index (κ1) is 54.8. The molecule has 0 saturated heterocycles. The molecule has 4 bridgehead atoms. The van der Waals surface area contributed by atoms with Crippen molar-refractivity contribution in [2.75, 3.05) is 0 Å². The predicted octanol–water partition coefficient (Wildman–Crippen LogP) is 19.7. The second-order valence-corrected chi connectivity index (χ2v) is 25.3. The number of hydrogen-bond acceptors (Lipinski definition) is 2. The van der Waals surface area contributed by atoms with E-state index in [-0.39, 0.29) is 11.4 Å². The van der Waals surface area contributed by atoms with E-state index >= 15 is 4.79 Å². The fourth-order valence-electron chi connectivity index (χ4n) is 13.5. The lowest BCUT2D eigenvalue weighted by molar-refractivity contribution is -0.160. The number of hydrogen-bond donors (Lipinski definition) is 0. The summed E-state index contributed by atoms with van der Waals surface area (Å²) in [5, 5.41) is 0. The molecule has 0 spiro atoms. The van der Waals surface area contributed by atoms with Gasteiger partial charge < -0.3 is 4.18 Å². The van der Waals surface area contributed by atoms with E-state index in [2.05, 4.69) is 98.7 Å². The van der Waals surface area contributed by atoms with Gasteiger partial charge >= 0.3 is 5.97 Å². The zero-order valence-electron chi connectivity index (χ0n) is 45.8. The largest absolute Gasteiger partial charge is 0.401 e. The fourth-order valence-corrected chi connectivity index (χ4v) is 17.9. The maximum absolute atomic E-state index is 16.8. The van der Waals surface area contributed by atoms with Crippen LogP contribution in [-0.4, -0.2) is 5.97 Å². The van der Waals surface area contributed by atoms with Gasteiger partial charge in [0, 0.05) is 14.7 Å². The summed E-state index contributed by atoms with van der Waals surface area (Å²) < 4.78 is 8.61. The second kappa shape index (κ2) is 27.3. The van der Waals surface area contributed by atoms with Gasteiger partial charge in [-0.15, -0.1) is 0 Å². The van der Waals surface area contributed by atoms with E-state index in [1.54, 1.807) is 0 Å². The molecule has 2 nitrogen and oxygen atoms in total. The van der Waals surface area contributed by atoms with Crippen LogP contribution in [0.5, 0.6) is 0 Å². The molecular formula is C65H102O2S. The van der Waals surface area contributed by atoms with Crippen molar-refractivity contribution in [3.63, 3.8) is 0 Å². The van der Waals surface area contributed by atoms with Gasteiger partial charge in [-0.2, -0.15) is 0 Å². The van der Waals surface area contributed by atoms with Crippen LogP contribution in [0.2, 0.25) is 0 Å². The molecule has 0 aliphatic heterocycles. The molecule has 0 radical (unpaired) electrons. The monoisotopic (exact) mass is 947 g/mol. The number of unbranched alkanes of at least 4 members (excludes halogenated alkanes) is 9. The molecule has 7 rings (SSSR count). The Hall–Kier alpha value is -2.52. The average molecular weight is 948 g/mol. The summed E-state index contributed by atoms with van der Waals surface area (Å²) in [5.41, 5.74) is 13.2. The molecule has 4 aliphatic carbocycles. The molecule has 380 valence electrons. The normalized spacial score (nSPS) is 20.1. The Labute approximate surface area is 421 Å². The van der Waals surface area contributed by atoms with Crippen LogP contribution in [0.1, 0.15) is 266 Å². The van der Waals surface area contributed by atoms with Crippen molar-refractivity contribution in [2.45, 2.75) is 289 Å². The number of carbonyl (C=O) groups is 1. The van der Waals surface area contributed by atoms with Crippen molar-refractivity contribution in [3.05, 3.63) is 86.5 Å². The maximum atomic E-state index is 16.8. The molecule has 3 aromatic carbocycles. The standard InChI is InChI=1S/C65H102O2S/c1-10-19-28-49-40-55(31-22-13-4)61(56(41-49)32-23-14-5)68(67-64(66)65-46-52-37-53(47-65)39-54(38-52)48-65,62-57(33-24-15-6)42-50(29-20-11-2)43-58(62)34-25-16-7)63-59(35-26-17-8)44-51(30-21-12-3)45-60(63)36-27-18-9/h40-45,52-54H,10-39,46-48H2,1-9H3. The SMILES string of the molecule is CCCCc1cc(CCCC)c(S(OC(=O)C23CC4CC(CC(C4)C2)C3)(c2c(CCCC)cc(CCCC)cc2CCCC)c2c(CCCC)cc(CCCC)cc2CCCC)c(CCCC)c1. The average Bonchev–Trinajstić information content (AvgIpc) is 3.33. The van der Waals surface area contributed by atoms with Gasteiger partial charge in [0.05, 0.1) is 5.41 Å². The lowest BCUT2D eigenvalue weighted by atomic mass is 9.49. The zero-order chi connectivity index (χ0) is 48.5. The van der Waals surface area contributed by atoms with Gasteiger partial charge in [0.1, 0.15) is 0 Å². The van der Waals surface area contributed by atoms with Gasteiger partial charge in [0.2, 0.25) is 0 Å². The van der Waals surface area contributed by atoms with Crippen LogP contribution in [0.25, 0.3) is 0 Å². The summed E-state index contributed by atoms with van der Waals surface area (Å²) in [6.07, 6.45) is 37.8. The molecule has 0 aromatic heterocycles. The van der Waals surface area contributed by atoms with Crippen molar-refractivity contribution in [2.24, 2.45) is 23.2 Å². The van der Waals surface area contributed by atoms with Crippen molar-refractivity contribution in [1.29, 1.82) is 0 Å². The van der Waals surface area contributed by atoms with Crippen LogP contribution < -0.4 is 0 Å². The van der Waals surface area contributed by atoms with E-state index in [0.717, 1.165) is 154 Å². The van der Waals surface area contributed by atoms with Crippen LogP contribution in [0.15, 0.2) is 51.1 Å². The van der Waals surface area contributed by atoms with Gasteiger partial charge in [-0.25, -0.2) is 0 Å². The fraction of sp³-hybridized carbons (Fsp3) is 0.708. The van der Waals surface area contributed by atoms with E-state index in [9.17, 15) is 0 Å². The minimum Gasteiger partial charge on any atom is -0.401 e. The van der Waals surface area contributed by atoms with E-state index in [4.69, 9.17) is 4.18 Å². The Balaban J connectivity index is 1.90. The molecule has 0 heterocycles. The molecule has 0 N–H and O–H groups in total. The van der Waals surface area contributed by atoms with Gasteiger partial charge in [-0.3, -0.25) is 4.79 Å². The highest BCUT2D eigenvalue weighted by Gasteiger charge is 2.58. The van der Waals surface area contributed by atoms with E-state index in [0.29, 0.717) is 17.8 Å². The summed E-state index contributed by atoms with van der Waals surface area (Å²) in [6.45, 7) is 21.3. The van der Waals surface area contributed by atoms with Gasteiger partial charge in [-0.1, -0.05) is 156 Å². The van der Waals surface area contributed by atoms with Crippen molar-refractivity contribution in [1.82, 2.24) is 0 Å². The summed E-state index contributed by atoms with van der Waals surface area (Å²) in [5.74, 6) is 2.22. The molecule has 4 fully saturated rings. The number of benzene rings is 3. The Morgan fingerprint density at radius 1 is 0.397 bits per heavy atom. The number of carbonyl (C=O) groups excluding carboxylic acids is 1. The molecule has 3 heteroatoms. The quantitative estimate of drug-likeness (QED) is 0.0623. The van der Waals surface area contributed by atoms with E-state index in [1.807, 2.05) is 0 Å². The minimum absolute atomic E-state index is 0.195. The summed E-state index contributed by atoms with van der Waals surface area (Å²) in [6, 6.07) is 16.1. The maximum Gasteiger partial charge on any atom is 0.323 e. The van der Waals surface area contributed by atoms with Crippen LogP contribution in [-0.2, 0) is 66.8 Å². The summed E-state index contributed by atoms with van der Waals surface area (Å²) >= 11 is 0. The molecule has 68 heavy (non-hydrogen) atoms. The first-order chi connectivity index (χ1) is 33.2. The first-order valence-electron chi connectivity index (χ1n) is 29.7. The smallest absolute Gasteiger partial charge is 0.323 e. The Bertz CT molecular complexity index is 1720. The molecule has 4 saturated carbocycles. The van der Waals surface area contributed by atoms with E-state index in [1.165, 1.54) is 123 Å². The molecule has 3 aromatic rings. The van der Waals surface area contributed by atoms with E-state index < -0.39 is 10.3 Å². The van der Waals surface area contributed by atoms with Crippen LogP contribution in [0.4, 0.5) is 0 Å². The predicted molar refractivity (Wildman–Crippen MR) is 296 cm³/mol. The lowest BCUT2D eigenvalue weighted by Gasteiger charge is -2.56. The minimum atomic E-state index is -2.65. The third-order valence-electron chi connectivity index (χ3n) is 16.7. The van der Waals surface area contributed by atoms with Crippen LogP contribution in [0.3, 0.4) is 0 Å². The topological polar surface area (TPSA) is 26.3 Å². The zero-order valence-corrected chi connectivity index (χ0v) is 46.6. The Morgan fingerprint density at radius 2 is 0.618 bits per heavy atom.